The van der Waals surface area contributed by atoms with Crippen molar-refractivity contribution in [2.75, 3.05) is 6.61 Å². The number of rotatable bonds is 7. The van der Waals surface area contributed by atoms with Crippen molar-refractivity contribution in [3.63, 3.8) is 0 Å². The Balaban J connectivity index is 2.35. The molecule has 0 radical (unpaired) electrons. The smallest absolute Gasteiger partial charge is 0.199 e. The number of halogens is 2. The zero-order valence-corrected chi connectivity index (χ0v) is 20.2. The Morgan fingerprint density at radius 3 is 2.48 bits per heavy atom. The van der Waals surface area contributed by atoms with Crippen LogP contribution in [-0.4, -0.2) is 28.7 Å². The number of aliphatic hydroxyl groups excluding tert-OH is 1. The highest BCUT2D eigenvalue weighted by atomic mass is 35.5. The van der Waals surface area contributed by atoms with Crippen LogP contribution in [0.4, 0.5) is 4.39 Å². The van der Waals surface area contributed by atoms with Crippen molar-refractivity contribution in [2.45, 2.75) is 53.2 Å². The summed E-state index contributed by atoms with van der Waals surface area (Å²) >= 11 is 5.96. The van der Waals surface area contributed by atoms with Gasteiger partial charge in [0.15, 0.2) is 11.7 Å². The Bertz CT molecular complexity index is 1240. The van der Waals surface area contributed by atoms with Gasteiger partial charge in [-0.3, -0.25) is 9.59 Å². The summed E-state index contributed by atoms with van der Waals surface area (Å²) in [6.07, 6.45) is 1.98. The van der Waals surface area contributed by atoms with Gasteiger partial charge < -0.3 is 14.4 Å². The first-order valence-electron chi connectivity index (χ1n) is 10.8. The molecule has 0 aliphatic carbocycles. The summed E-state index contributed by atoms with van der Waals surface area (Å²) < 4.78 is 22.4. The van der Waals surface area contributed by atoms with E-state index >= 15 is 0 Å². The van der Waals surface area contributed by atoms with E-state index in [1.54, 1.807) is 28.8 Å². The van der Waals surface area contributed by atoms with Gasteiger partial charge in [0.05, 0.1) is 34.9 Å². The second-order valence-electron chi connectivity index (χ2n) is 9.54. The highest BCUT2D eigenvalue weighted by Gasteiger charge is 2.28. The summed E-state index contributed by atoms with van der Waals surface area (Å²) in [5, 5.41) is 10.5. The fraction of sp³-hybridized carbons (Fsp3) is 0.385. The molecule has 7 heteroatoms. The van der Waals surface area contributed by atoms with Gasteiger partial charge in [-0.1, -0.05) is 44.5 Å². The molecule has 176 valence electrons. The summed E-state index contributed by atoms with van der Waals surface area (Å²) in [5.41, 5.74) is 0.697. The van der Waals surface area contributed by atoms with Crippen molar-refractivity contribution >= 4 is 28.8 Å². The monoisotopic (exact) mass is 473 g/mol. The van der Waals surface area contributed by atoms with Crippen molar-refractivity contribution in [2.24, 2.45) is 5.41 Å². The minimum atomic E-state index is -0.526. The van der Waals surface area contributed by atoms with E-state index in [0.29, 0.717) is 34.1 Å². The molecule has 0 saturated carbocycles. The molecule has 0 amide bonds. The molecule has 0 unspecified atom stereocenters. The van der Waals surface area contributed by atoms with E-state index in [0.717, 1.165) is 0 Å². The molecule has 1 atom stereocenters. The van der Waals surface area contributed by atoms with E-state index in [2.05, 4.69) is 0 Å². The van der Waals surface area contributed by atoms with Crippen molar-refractivity contribution in [3.05, 3.63) is 74.3 Å². The van der Waals surface area contributed by atoms with E-state index in [1.807, 2.05) is 34.6 Å². The van der Waals surface area contributed by atoms with Gasteiger partial charge in [0, 0.05) is 24.1 Å². The average Bonchev–Trinajstić information content (AvgIpc) is 2.73. The Hall–Kier alpha value is -2.70. The topological polar surface area (TPSA) is 68.5 Å². The molecular weight excluding hydrogens is 445 g/mol. The molecule has 0 aliphatic rings. The fourth-order valence-corrected chi connectivity index (χ4v) is 4.15. The maximum atomic E-state index is 14.6. The summed E-state index contributed by atoms with van der Waals surface area (Å²) in [5.74, 6) is -0.0311. The average molecular weight is 474 g/mol. The summed E-state index contributed by atoms with van der Waals surface area (Å²) in [6, 6.07) is 7.75. The number of ether oxygens (including phenoxy) is 1. The lowest BCUT2D eigenvalue weighted by Gasteiger charge is -2.33. The largest absolute Gasteiger partial charge is 0.491 e. The van der Waals surface area contributed by atoms with Gasteiger partial charge in [0.25, 0.3) is 0 Å². The normalized spacial score (nSPS) is 12.9. The van der Waals surface area contributed by atoms with Crippen LogP contribution in [0.15, 0.2) is 41.3 Å². The molecule has 0 fully saturated rings. The Labute approximate surface area is 197 Å². The molecule has 3 aromatic rings. The number of aliphatic hydroxyl groups is 1. The van der Waals surface area contributed by atoms with Crippen molar-refractivity contribution in [3.8, 4) is 5.75 Å². The van der Waals surface area contributed by atoms with Gasteiger partial charge in [-0.05, 0) is 42.5 Å². The van der Waals surface area contributed by atoms with Gasteiger partial charge in [-0.2, -0.15) is 0 Å². The van der Waals surface area contributed by atoms with E-state index in [-0.39, 0.29) is 35.1 Å². The maximum absolute atomic E-state index is 14.6. The number of nitrogens with zero attached hydrogens (tertiary/aromatic N) is 1. The van der Waals surface area contributed by atoms with Crippen LogP contribution < -0.4 is 10.2 Å². The molecule has 33 heavy (non-hydrogen) atoms. The Morgan fingerprint density at radius 2 is 1.91 bits per heavy atom. The highest BCUT2D eigenvalue weighted by Crippen LogP contribution is 2.35. The molecule has 0 saturated heterocycles. The second kappa shape index (κ2) is 9.65. The minimum Gasteiger partial charge on any atom is -0.491 e. The zero-order valence-electron chi connectivity index (χ0n) is 19.5. The zero-order chi connectivity index (χ0) is 24.5. The summed E-state index contributed by atoms with van der Waals surface area (Å²) in [4.78, 5) is 24.8. The van der Waals surface area contributed by atoms with Crippen LogP contribution in [0.2, 0.25) is 5.02 Å². The predicted molar refractivity (Wildman–Crippen MR) is 129 cm³/mol. The van der Waals surface area contributed by atoms with Gasteiger partial charge in [-0.15, -0.1) is 0 Å². The molecule has 1 aromatic heterocycles. The molecule has 3 rings (SSSR count). The number of fused-ring (bicyclic) bond motifs is 1. The van der Waals surface area contributed by atoms with Crippen molar-refractivity contribution < 1.29 is 19.0 Å². The third-order valence-corrected chi connectivity index (χ3v) is 5.94. The maximum Gasteiger partial charge on any atom is 0.199 e. The lowest BCUT2D eigenvalue weighted by Crippen LogP contribution is -2.30. The number of carbonyl (C=O) groups is 1. The predicted octanol–water partition coefficient (Wildman–Crippen LogP) is 5.56. The van der Waals surface area contributed by atoms with Crippen LogP contribution in [0.5, 0.6) is 5.75 Å². The Morgan fingerprint density at radius 1 is 1.21 bits per heavy atom. The van der Waals surface area contributed by atoms with E-state index in [1.165, 1.54) is 12.3 Å². The van der Waals surface area contributed by atoms with Crippen molar-refractivity contribution in [1.82, 2.24) is 4.57 Å². The van der Waals surface area contributed by atoms with Gasteiger partial charge in [0.2, 0.25) is 0 Å². The van der Waals surface area contributed by atoms with Crippen LogP contribution in [0.3, 0.4) is 0 Å². The van der Waals surface area contributed by atoms with Gasteiger partial charge in [-0.25, -0.2) is 4.39 Å². The van der Waals surface area contributed by atoms with Crippen molar-refractivity contribution in [1.29, 1.82) is 0 Å². The lowest BCUT2D eigenvalue weighted by atomic mass is 9.86. The SMILES string of the molecule is CC(C)Oc1cc2c(cc1Cc1cccc(Cl)c1F)c(=O)c(C=O)cn2[C@H](CO)C(C)(C)C. The molecule has 1 N–H and O–H groups in total. The summed E-state index contributed by atoms with van der Waals surface area (Å²) in [7, 11) is 0. The number of aromatic nitrogens is 1. The molecule has 1 heterocycles. The highest BCUT2D eigenvalue weighted by molar-refractivity contribution is 6.30. The minimum absolute atomic E-state index is 0.0115. The Kier molecular flexibility index (Phi) is 7.29. The second-order valence-corrected chi connectivity index (χ2v) is 9.94. The number of aldehydes is 1. The standard InChI is InChI=1S/C26H29ClFNO4/c1-15(2)33-22-11-21-19(10-17(22)9-16-7-6-8-20(27)24(16)28)25(32)18(13-30)12-29(21)23(14-31)26(3,4)5/h6-8,10-13,15,23,31H,9,14H2,1-5H3/t23-/m1/s1. The van der Waals surface area contributed by atoms with Crippen LogP contribution in [0, 0.1) is 11.2 Å². The van der Waals surface area contributed by atoms with Gasteiger partial charge in [0.1, 0.15) is 11.6 Å². The third-order valence-electron chi connectivity index (χ3n) is 5.65. The molecule has 0 spiro atoms. The van der Waals surface area contributed by atoms with Crippen LogP contribution >= 0.6 is 11.6 Å². The fourth-order valence-electron chi connectivity index (χ4n) is 3.96. The summed E-state index contributed by atoms with van der Waals surface area (Å²) in [6.45, 7) is 9.49. The van der Waals surface area contributed by atoms with Crippen LogP contribution in [-0.2, 0) is 6.42 Å². The van der Waals surface area contributed by atoms with Gasteiger partial charge >= 0.3 is 0 Å². The first-order chi connectivity index (χ1) is 15.5. The molecule has 2 aromatic carbocycles. The first-order valence-corrected chi connectivity index (χ1v) is 11.2. The lowest BCUT2D eigenvalue weighted by molar-refractivity contribution is 0.111. The van der Waals surface area contributed by atoms with Crippen LogP contribution in [0.1, 0.15) is 62.1 Å². The third kappa shape index (κ3) is 5.12. The number of pyridine rings is 1. The quantitative estimate of drug-likeness (QED) is 0.456. The van der Waals surface area contributed by atoms with E-state index in [4.69, 9.17) is 16.3 Å². The van der Waals surface area contributed by atoms with Crippen LogP contribution in [0.25, 0.3) is 10.9 Å². The van der Waals surface area contributed by atoms with E-state index < -0.39 is 17.3 Å². The molecule has 5 nitrogen and oxygen atoms in total. The van der Waals surface area contributed by atoms with E-state index in [9.17, 15) is 19.1 Å². The molecule has 0 aliphatic heterocycles. The molecular formula is C26H29ClFNO4. The number of benzene rings is 2. The number of hydrogen-bond donors (Lipinski definition) is 1. The number of carbonyl (C=O) groups excluding carboxylic acids is 1. The molecule has 0 bridgehead atoms. The number of hydrogen-bond acceptors (Lipinski definition) is 4. The first kappa shape index (κ1) is 24.9.